The Bertz CT molecular complexity index is 615. The summed E-state index contributed by atoms with van der Waals surface area (Å²) in [5.74, 6) is -1.20. The molecule has 0 saturated heterocycles. The van der Waals surface area contributed by atoms with Gasteiger partial charge in [-0.15, -0.1) is 0 Å². The minimum Gasteiger partial charge on any atom is -0.421 e. The quantitative estimate of drug-likeness (QED) is 0.475. The summed E-state index contributed by atoms with van der Waals surface area (Å²) in [6, 6.07) is 17.0. The third-order valence-electron chi connectivity index (χ3n) is 3.43. The number of Topliss-reactive ketones (excluding diaryl/α,β-unsaturated/α-hetero) is 1. The monoisotopic (exact) mass is 282 g/mol. The lowest BCUT2D eigenvalue weighted by Gasteiger charge is -2.08. The number of rotatable bonds is 5. The fraction of sp³-hybridized carbons (Fsp3) is 0.222. The fourth-order valence-corrected chi connectivity index (χ4v) is 1.89. The van der Waals surface area contributed by atoms with Crippen LogP contribution in [0.15, 0.2) is 54.6 Å². The molecule has 0 bridgehead atoms. The van der Waals surface area contributed by atoms with Crippen LogP contribution in [-0.2, 0) is 9.59 Å². The maximum absolute atomic E-state index is 11.7. The average molecular weight is 282 g/mol. The highest BCUT2D eigenvalue weighted by atomic mass is 16.5. The van der Waals surface area contributed by atoms with E-state index in [1.54, 1.807) is 19.1 Å². The summed E-state index contributed by atoms with van der Waals surface area (Å²) >= 11 is 0. The van der Waals surface area contributed by atoms with E-state index < -0.39 is 11.8 Å². The van der Waals surface area contributed by atoms with Crippen molar-refractivity contribution in [1.82, 2.24) is 0 Å². The molecule has 2 rings (SSSR count). The Morgan fingerprint density at radius 3 is 2.10 bits per heavy atom. The molecule has 0 radical (unpaired) electrons. The molecule has 0 heterocycles. The maximum atomic E-state index is 11.7. The van der Waals surface area contributed by atoms with Crippen LogP contribution in [0.2, 0.25) is 0 Å². The van der Waals surface area contributed by atoms with E-state index in [1.807, 2.05) is 49.4 Å². The molecule has 0 N–H and O–H groups in total. The van der Waals surface area contributed by atoms with Crippen molar-refractivity contribution in [3.63, 3.8) is 0 Å². The maximum Gasteiger partial charge on any atom is 0.380 e. The number of ether oxygens (including phenoxy) is 1. The van der Waals surface area contributed by atoms with Gasteiger partial charge in [-0.1, -0.05) is 56.3 Å². The first-order valence-electron chi connectivity index (χ1n) is 7.03. The Kier molecular flexibility index (Phi) is 4.88. The largest absolute Gasteiger partial charge is 0.421 e. The molecule has 0 saturated carbocycles. The van der Waals surface area contributed by atoms with Crippen LogP contribution in [0.1, 0.15) is 20.3 Å². The van der Waals surface area contributed by atoms with E-state index in [-0.39, 0.29) is 5.92 Å². The molecule has 0 amide bonds. The summed E-state index contributed by atoms with van der Waals surface area (Å²) in [6.07, 6.45) is 0.626. The third kappa shape index (κ3) is 3.78. The molecule has 3 heteroatoms. The lowest BCUT2D eigenvalue weighted by Crippen LogP contribution is -2.25. The normalized spacial score (nSPS) is 11.7. The highest BCUT2D eigenvalue weighted by Gasteiger charge is 2.21. The number of ketones is 1. The molecule has 21 heavy (non-hydrogen) atoms. The number of benzene rings is 2. The van der Waals surface area contributed by atoms with Crippen molar-refractivity contribution in [1.29, 1.82) is 0 Å². The van der Waals surface area contributed by atoms with Gasteiger partial charge in [0.15, 0.2) is 0 Å². The minimum atomic E-state index is -0.795. The Labute approximate surface area is 124 Å². The van der Waals surface area contributed by atoms with Gasteiger partial charge in [-0.3, -0.25) is 4.79 Å². The molecule has 0 aliphatic rings. The standard InChI is InChI=1S/C18H18O3/c1-3-13(2)17(19)18(20)21-16-11-9-15(10-12-16)14-7-5-4-6-8-14/h4-13H,3H2,1-2H3. The SMILES string of the molecule is CCC(C)C(=O)C(=O)Oc1ccc(-c2ccccc2)cc1. The van der Waals surface area contributed by atoms with Gasteiger partial charge in [0.2, 0.25) is 5.78 Å². The van der Waals surface area contributed by atoms with Crippen LogP contribution in [0.5, 0.6) is 5.75 Å². The predicted molar refractivity (Wildman–Crippen MR) is 82.0 cm³/mol. The zero-order valence-electron chi connectivity index (χ0n) is 12.2. The van der Waals surface area contributed by atoms with Crippen molar-refractivity contribution in [3.05, 3.63) is 54.6 Å². The summed E-state index contributed by atoms with van der Waals surface area (Å²) in [5, 5.41) is 0. The van der Waals surface area contributed by atoms with Crippen LogP contribution in [0, 0.1) is 5.92 Å². The van der Waals surface area contributed by atoms with Crippen molar-refractivity contribution in [3.8, 4) is 16.9 Å². The van der Waals surface area contributed by atoms with Crippen molar-refractivity contribution in [2.45, 2.75) is 20.3 Å². The Balaban J connectivity index is 2.06. The van der Waals surface area contributed by atoms with Gasteiger partial charge in [0, 0.05) is 5.92 Å². The molecule has 1 atom stereocenters. The molecule has 2 aromatic carbocycles. The van der Waals surface area contributed by atoms with E-state index in [2.05, 4.69) is 0 Å². The van der Waals surface area contributed by atoms with Crippen molar-refractivity contribution >= 4 is 11.8 Å². The van der Waals surface area contributed by atoms with E-state index in [0.29, 0.717) is 12.2 Å². The van der Waals surface area contributed by atoms with Gasteiger partial charge in [0.25, 0.3) is 0 Å². The van der Waals surface area contributed by atoms with E-state index >= 15 is 0 Å². The van der Waals surface area contributed by atoms with Crippen LogP contribution < -0.4 is 4.74 Å². The van der Waals surface area contributed by atoms with Gasteiger partial charge >= 0.3 is 5.97 Å². The van der Waals surface area contributed by atoms with Crippen LogP contribution in [-0.4, -0.2) is 11.8 Å². The van der Waals surface area contributed by atoms with Crippen LogP contribution in [0.25, 0.3) is 11.1 Å². The predicted octanol–water partition coefficient (Wildman–Crippen LogP) is 3.87. The highest BCUT2D eigenvalue weighted by molar-refractivity contribution is 6.34. The Morgan fingerprint density at radius 1 is 0.952 bits per heavy atom. The zero-order chi connectivity index (χ0) is 15.2. The molecule has 0 aliphatic carbocycles. The van der Waals surface area contributed by atoms with Crippen LogP contribution in [0.3, 0.4) is 0 Å². The number of carbonyl (C=O) groups is 2. The minimum absolute atomic E-state index is 0.305. The van der Waals surface area contributed by atoms with E-state index in [1.165, 1.54) is 0 Å². The molecule has 108 valence electrons. The van der Waals surface area contributed by atoms with Gasteiger partial charge in [0.1, 0.15) is 5.75 Å². The van der Waals surface area contributed by atoms with Gasteiger partial charge in [-0.2, -0.15) is 0 Å². The molecule has 0 fully saturated rings. The van der Waals surface area contributed by atoms with E-state index in [0.717, 1.165) is 11.1 Å². The number of esters is 1. The number of carbonyl (C=O) groups excluding carboxylic acids is 2. The molecule has 3 nitrogen and oxygen atoms in total. The van der Waals surface area contributed by atoms with Gasteiger partial charge in [0.05, 0.1) is 0 Å². The molecular formula is C18H18O3. The smallest absolute Gasteiger partial charge is 0.380 e. The summed E-state index contributed by atoms with van der Waals surface area (Å²) in [4.78, 5) is 23.4. The first-order valence-corrected chi connectivity index (χ1v) is 7.03. The summed E-state index contributed by atoms with van der Waals surface area (Å²) in [6.45, 7) is 3.59. The topological polar surface area (TPSA) is 43.4 Å². The first-order chi connectivity index (χ1) is 10.1. The van der Waals surface area contributed by atoms with E-state index in [9.17, 15) is 9.59 Å². The number of hydrogen-bond donors (Lipinski definition) is 0. The summed E-state index contributed by atoms with van der Waals surface area (Å²) in [5.41, 5.74) is 2.12. The molecule has 2 aromatic rings. The van der Waals surface area contributed by atoms with Gasteiger partial charge in [-0.25, -0.2) is 4.79 Å². The van der Waals surface area contributed by atoms with Crippen LogP contribution >= 0.6 is 0 Å². The lowest BCUT2D eigenvalue weighted by atomic mass is 10.0. The fourth-order valence-electron chi connectivity index (χ4n) is 1.89. The lowest BCUT2D eigenvalue weighted by molar-refractivity contribution is -0.148. The number of hydrogen-bond acceptors (Lipinski definition) is 3. The van der Waals surface area contributed by atoms with Crippen molar-refractivity contribution in [2.75, 3.05) is 0 Å². The van der Waals surface area contributed by atoms with Crippen molar-refractivity contribution in [2.24, 2.45) is 5.92 Å². The summed E-state index contributed by atoms with van der Waals surface area (Å²) < 4.78 is 5.10. The second-order valence-corrected chi connectivity index (χ2v) is 4.95. The van der Waals surface area contributed by atoms with Gasteiger partial charge in [-0.05, 0) is 29.7 Å². The Morgan fingerprint density at radius 2 is 1.52 bits per heavy atom. The second kappa shape index (κ2) is 6.84. The van der Waals surface area contributed by atoms with Crippen LogP contribution in [0.4, 0.5) is 0 Å². The zero-order valence-corrected chi connectivity index (χ0v) is 12.2. The van der Waals surface area contributed by atoms with Crippen molar-refractivity contribution < 1.29 is 14.3 Å². The third-order valence-corrected chi connectivity index (χ3v) is 3.43. The summed E-state index contributed by atoms with van der Waals surface area (Å²) in [7, 11) is 0. The highest BCUT2D eigenvalue weighted by Crippen LogP contribution is 2.22. The molecule has 0 aromatic heterocycles. The Hall–Kier alpha value is -2.42. The molecular weight excluding hydrogens is 264 g/mol. The van der Waals surface area contributed by atoms with E-state index in [4.69, 9.17) is 4.74 Å². The van der Waals surface area contributed by atoms with Gasteiger partial charge < -0.3 is 4.74 Å². The molecule has 0 aliphatic heterocycles. The molecule has 0 spiro atoms. The second-order valence-electron chi connectivity index (χ2n) is 4.95. The molecule has 1 unspecified atom stereocenters. The average Bonchev–Trinajstić information content (AvgIpc) is 2.54. The first kappa shape index (κ1) is 15.0.